The molecule has 0 saturated heterocycles. The fraction of sp³-hybridized carbons (Fsp3) is 0.750. The first-order valence-corrected chi connectivity index (χ1v) is 2.50. The number of rotatable bonds is 1. The summed E-state index contributed by atoms with van der Waals surface area (Å²) in [5.74, 6) is -3.63. The smallest absolute Gasteiger partial charge is 0.442 e. The molecule has 0 aliphatic rings. The van der Waals surface area contributed by atoms with Crippen LogP contribution in [0.3, 0.4) is 0 Å². The van der Waals surface area contributed by atoms with Crippen molar-refractivity contribution in [3.8, 4) is 0 Å². The first-order chi connectivity index (χ1) is 5.44. The van der Waals surface area contributed by atoms with Gasteiger partial charge in [-0.15, -0.1) is 12.4 Å². The zero-order valence-corrected chi connectivity index (χ0v) is 6.73. The van der Waals surface area contributed by atoms with Crippen LogP contribution < -0.4 is 0 Å². The molecule has 0 spiro atoms. The summed E-state index contributed by atoms with van der Waals surface area (Å²) < 4.78 is 80.3. The fourth-order valence-electron chi connectivity index (χ4n) is 0.403. The van der Waals surface area contributed by atoms with Crippen molar-refractivity contribution in [3.63, 3.8) is 0 Å². The third kappa shape index (κ3) is 2.20. The number of alkyl halides is 7. The normalized spacial score (nSPS) is 13.4. The standard InChI is InChI=1S/C4HF7O2.ClH/c5-2(1(12)13,3(6,7)8)4(9,10)11;/h(H,12,13);1H. The Labute approximate surface area is 78.1 Å². The van der Waals surface area contributed by atoms with E-state index in [-0.39, 0.29) is 12.4 Å². The second-order valence-corrected chi connectivity index (χ2v) is 1.96. The highest BCUT2D eigenvalue weighted by Gasteiger charge is 2.78. The molecule has 0 amide bonds. The van der Waals surface area contributed by atoms with E-state index in [0.29, 0.717) is 0 Å². The van der Waals surface area contributed by atoms with Crippen molar-refractivity contribution in [1.29, 1.82) is 0 Å². The Balaban J connectivity index is 0. The van der Waals surface area contributed by atoms with E-state index in [9.17, 15) is 35.5 Å². The van der Waals surface area contributed by atoms with Crippen molar-refractivity contribution in [2.75, 3.05) is 0 Å². The number of hydrogen-bond donors (Lipinski definition) is 1. The van der Waals surface area contributed by atoms with E-state index in [0.717, 1.165) is 0 Å². The van der Waals surface area contributed by atoms with E-state index < -0.39 is 24.0 Å². The Morgan fingerprint density at radius 3 is 1.07 bits per heavy atom. The number of aliphatic carboxylic acids is 1. The third-order valence-corrected chi connectivity index (χ3v) is 1.08. The minimum absolute atomic E-state index is 0. The van der Waals surface area contributed by atoms with Crippen LogP contribution in [0, 0.1) is 0 Å². The molecule has 0 radical (unpaired) electrons. The predicted octanol–water partition coefficient (Wildman–Crippen LogP) is 2.33. The summed E-state index contributed by atoms with van der Waals surface area (Å²) in [6.45, 7) is 0. The van der Waals surface area contributed by atoms with Gasteiger partial charge in [0.15, 0.2) is 0 Å². The Hall–Kier alpha value is -0.730. The van der Waals surface area contributed by atoms with Crippen LogP contribution in [0.1, 0.15) is 0 Å². The second kappa shape index (κ2) is 3.79. The highest BCUT2D eigenvalue weighted by molar-refractivity contribution is 5.85. The largest absolute Gasteiger partial charge is 0.478 e. The van der Waals surface area contributed by atoms with Gasteiger partial charge in [0, 0.05) is 0 Å². The van der Waals surface area contributed by atoms with Gasteiger partial charge < -0.3 is 5.11 Å². The topological polar surface area (TPSA) is 37.3 Å². The molecule has 0 heterocycles. The van der Waals surface area contributed by atoms with Crippen molar-refractivity contribution < 1.29 is 40.6 Å². The van der Waals surface area contributed by atoms with E-state index in [1.54, 1.807) is 0 Å². The number of halogens is 8. The third-order valence-electron chi connectivity index (χ3n) is 1.08. The quantitative estimate of drug-likeness (QED) is 0.725. The van der Waals surface area contributed by atoms with Gasteiger partial charge in [-0.25, -0.2) is 9.18 Å². The van der Waals surface area contributed by atoms with Gasteiger partial charge >= 0.3 is 24.0 Å². The van der Waals surface area contributed by atoms with E-state index in [4.69, 9.17) is 5.11 Å². The molecule has 0 aromatic carbocycles. The molecular formula is C4H2ClF7O2. The summed E-state index contributed by atoms with van der Waals surface area (Å²) >= 11 is 0. The molecule has 86 valence electrons. The van der Waals surface area contributed by atoms with Crippen LogP contribution in [0.15, 0.2) is 0 Å². The van der Waals surface area contributed by atoms with Gasteiger partial charge in [-0.3, -0.25) is 0 Å². The first-order valence-electron chi connectivity index (χ1n) is 2.50. The lowest BCUT2D eigenvalue weighted by molar-refractivity contribution is -0.331. The van der Waals surface area contributed by atoms with Crippen LogP contribution in [-0.4, -0.2) is 29.1 Å². The molecular weight excluding hydrogens is 248 g/mol. The monoisotopic (exact) mass is 250 g/mol. The SMILES string of the molecule is Cl.O=C(O)C(F)(C(F)(F)F)C(F)(F)F. The van der Waals surface area contributed by atoms with Crippen LogP contribution in [-0.2, 0) is 4.79 Å². The van der Waals surface area contributed by atoms with Crippen LogP contribution >= 0.6 is 12.4 Å². The molecule has 0 atom stereocenters. The van der Waals surface area contributed by atoms with Crippen molar-refractivity contribution in [3.05, 3.63) is 0 Å². The van der Waals surface area contributed by atoms with Crippen molar-refractivity contribution in [1.82, 2.24) is 0 Å². The summed E-state index contributed by atoms with van der Waals surface area (Å²) in [4.78, 5) is 9.50. The van der Waals surface area contributed by atoms with E-state index >= 15 is 0 Å². The molecule has 0 rings (SSSR count). The summed E-state index contributed by atoms with van der Waals surface area (Å²) in [5, 5.41) is 7.49. The lowest BCUT2D eigenvalue weighted by atomic mass is 10.1. The molecule has 2 nitrogen and oxygen atoms in total. The minimum Gasteiger partial charge on any atom is -0.478 e. The van der Waals surface area contributed by atoms with E-state index in [1.165, 1.54) is 0 Å². The number of carboxylic acids is 1. The number of carboxylic acid groups (broad SMARTS) is 1. The van der Waals surface area contributed by atoms with Gasteiger partial charge in [-0.1, -0.05) is 0 Å². The lowest BCUT2D eigenvalue weighted by Crippen LogP contribution is -2.58. The van der Waals surface area contributed by atoms with Crippen LogP contribution in [0.2, 0.25) is 0 Å². The van der Waals surface area contributed by atoms with Crippen LogP contribution in [0.4, 0.5) is 30.7 Å². The maximum absolute atomic E-state index is 12.1. The second-order valence-electron chi connectivity index (χ2n) is 1.96. The Bertz CT molecular complexity index is 205. The molecule has 0 aliphatic heterocycles. The molecule has 0 unspecified atom stereocenters. The molecule has 0 aromatic heterocycles. The lowest BCUT2D eigenvalue weighted by Gasteiger charge is -2.25. The van der Waals surface area contributed by atoms with Gasteiger partial charge in [0.05, 0.1) is 0 Å². The van der Waals surface area contributed by atoms with Crippen LogP contribution in [0.25, 0.3) is 0 Å². The molecule has 0 saturated carbocycles. The minimum atomic E-state index is -6.53. The maximum Gasteiger partial charge on any atom is 0.442 e. The van der Waals surface area contributed by atoms with Crippen molar-refractivity contribution >= 4 is 18.4 Å². The Morgan fingerprint density at radius 2 is 1.07 bits per heavy atom. The van der Waals surface area contributed by atoms with Gasteiger partial charge in [-0.05, 0) is 0 Å². The van der Waals surface area contributed by atoms with Crippen LogP contribution in [0.5, 0.6) is 0 Å². The molecule has 0 fully saturated rings. The first kappa shape index (κ1) is 15.7. The Morgan fingerprint density at radius 1 is 0.857 bits per heavy atom. The fourth-order valence-corrected chi connectivity index (χ4v) is 0.403. The van der Waals surface area contributed by atoms with Gasteiger partial charge in [-0.2, -0.15) is 26.3 Å². The molecule has 1 N–H and O–H groups in total. The van der Waals surface area contributed by atoms with E-state index in [2.05, 4.69) is 0 Å². The average Bonchev–Trinajstić information content (AvgIpc) is 1.80. The summed E-state index contributed by atoms with van der Waals surface area (Å²) in [6.07, 6.45) is -13.1. The zero-order valence-electron chi connectivity index (χ0n) is 5.91. The zero-order chi connectivity index (χ0) is 11.1. The summed E-state index contributed by atoms with van der Waals surface area (Å²) in [5.41, 5.74) is -6.21. The van der Waals surface area contributed by atoms with Crippen molar-refractivity contribution in [2.45, 2.75) is 18.0 Å². The summed E-state index contributed by atoms with van der Waals surface area (Å²) in [6, 6.07) is 0. The number of hydrogen-bond acceptors (Lipinski definition) is 1. The highest BCUT2D eigenvalue weighted by Crippen LogP contribution is 2.46. The molecule has 10 heteroatoms. The van der Waals surface area contributed by atoms with Crippen molar-refractivity contribution in [2.24, 2.45) is 0 Å². The predicted molar refractivity (Wildman–Crippen MR) is 30.8 cm³/mol. The molecule has 0 aromatic rings. The number of carbonyl (C=O) groups is 1. The van der Waals surface area contributed by atoms with Gasteiger partial charge in [0.25, 0.3) is 0 Å². The van der Waals surface area contributed by atoms with Gasteiger partial charge in [0.2, 0.25) is 0 Å². The summed E-state index contributed by atoms with van der Waals surface area (Å²) in [7, 11) is 0. The molecule has 0 bridgehead atoms. The molecule has 0 aliphatic carbocycles. The van der Waals surface area contributed by atoms with Gasteiger partial charge in [0.1, 0.15) is 0 Å². The maximum atomic E-state index is 12.1. The molecule has 14 heavy (non-hydrogen) atoms. The Kier molecular flexibility index (Phi) is 4.26. The average molecular weight is 250 g/mol. The van der Waals surface area contributed by atoms with E-state index in [1.807, 2.05) is 0 Å². The highest BCUT2D eigenvalue weighted by atomic mass is 35.5.